The van der Waals surface area contributed by atoms with Crippen LogP contribution in [0.2, 0.25) is 0 Å². The molecule has 1 saturated carbocycles. The molecule has 4 N–H and O–H groups in total. The van der Waals surface area contributed by atoms with Gasteiger partial charge in [0.05, 0.1) is 23.7 Å². The minimum absolute atomic E-state index is 0.0767. The van der Waals surface area contributed by atoms with E-state index < -0.39 is 17.4 Å². The van der Waals surface area contributed by atoms with Gasteiger partial charge in [-0.25, -0.2) is 0 Å². The number of anilines is 1. The van der Waals surface area contributed by atoms with E-state index in [2.05, 4.69) is 5.32 Å². The summed E-state index contributed by atoms with van der Waals surface area (Å²) < 4.78 is 5.21. The molecule has 130 valence electrons. The number of nitrogens with one attached hydrogen (secondary N) is 1. The van der Waals surface area contributed by atoms with Crippen molar-refractivity contribution in [3.8, 4) is 0 Å². The highest BCUT2D eigenvalue weighted by Crippen LogP contribution is 2.35. The number of nitrogens with zero attached hydrogens (tertiary/aromatic N) is 1. The topological polar surface area (TPSA) is 122 Å². The maximum Gasteiger partial charge on any atom is 0.264 e. The van der Waals surface area contributed by atoms with Crippen molar-refractivity contribution in [2.75, 3.05) is 31.6 Å². The SMILES string of the molecule is NC(=O)c1cc(C(=O)N2CCOCC2)sc1NC(=O)C1(O)CCC1. The Bertz CT molecular complexity index is 677. The van der Waals surface area contributed by atoms with Crippen LogP contribution in [0.4, 0.5) is 5.00 Å². The van der Waals surface area contributed by atoms with Crippen LogP contribution in [0.5, 0.6) is 0 Å². The minimum Gasteiger partial charge on any atom is -0.380 e. The molecule has 0 spiro atoms. The lowest BCUT2D eigenvalue weighted by Gasteiger charge is -2.34. The molecule has 2 aliphatic rings. The lowest BCUT2D eigenvalue weighted by Crippen LogP contribution is -2.48. The van der Waals surface area contributed by atoms with Crippen LogP contribution < -0.4 is 11.1 Å². The molecule has 2 heterocycles. The highest BCUT2D eigenvalue weighted by atomic mass is 32.1. The van der Waals surface area contributed by atoms with Gasteiger partial charge in [0.2, 0.25) is 0 Å². The minimum atomic E-state index is -1.40. The number of hydrogen-bond acceptors (Lipinski definition) is 6. The van der Waals surface area contributed by atoms with Gasteiger partial charge in [-0.15, -0.1) is 11.3 Å². The summed E-state index contributed by atoms with van der Waals surface area (Å²) in [4.78, 5) is 38.2. The number of aliphatic hydroxyl groups is 1. The molecule has 0 aromatic carbocycles. The van der Waals surface area contributed by atoms with Crippen molar-refractivity contribution in [1.29, 1.82) is 0 Å². The summed E-state index contributed by atoms with van der Waals surface area (Å²) in [5, 5.41) is 12.8. The Labute approximate surface area is 142 Å². The van der Waals surface area contributed by atoms with Crippen molar-refractivity contribution < 1.29 is 24.2 Å². The van der Waals surface area contributed by atoms with Crippen LogP contribution in [0.3, 0.4) is 0 Å². The van der Waals surface area contributed by atoms with E-state index in [1.807, 2.05) is 0 Å². The van der Waals surface area contributed by atoms with Crippen molar-refractivity contribution in [3.63, 3.8) is 0 Å². The first-order valence-electron chi connectivity index (χ1n) is 7.75. The molecule has 2 fully saturated rings. The highest BCUT2D eigenvalue weighted by molar-refractivity contribution is 7.18. The van der Waals surface area contributed by atoms with Crippen LogP contribution in [0.25, 0.3) is 0 Å². The fourth-order valence-electron chi connectivity index (χ4n) is 2.65. The van der Waals surface area contributed by atoms with Gasteiger partial charge in [0.1, 0.15) is 10.6 Å². The standard InChI is InChI=1S/C15H19N3O5S/c16-11(19)9-8-10(13(20)18-4-6-23-7-5-18)24-12(9)17-14(21)15(22)2-1-3-15/h8,22H,1-7H2,(H2,16,19)(H,17,21). The fraction of sp³-hybridized carbons (Fsp3) is 0.533. The number of nitrogens with two attached hydrogens (primary N) is 1. The molecule has 8 nitrogen and oxygen atoms in total. The molecule has 24 heavy (non-hydrogen) atoms. The molecule has 3 amide bonds. The second-order valence-electron chi connectivity index (χ2n) is 5.96. The van der Waals surface area contributed by atoms with E-state index in [0.717, 1.165) is 17.8 Å². The van der Waals surface area contributed by atoms with E-state index in [0.29, 0.717) is 44.0 Å². The number of amides is 3. The summed E-state index contributed by atoms with van der Waals surface area (Å²) in [6, 6.07) is 1.39. The Morgan fingerprint density at radius 1 is 1.29 bits per heavy atom. The van der Waals surface area contributed by atoms with E-state index in [-0.39, 0.29) is 16.5 Å². The van der Waals surface area contributed by atoms with Gasteiger partial charge < -0.3 is 25.8 Å². The normalized spacial score (nSPS) is 19.5. The van der Waals surface area contributed by atoms with Gasteiger partial charge in [-0.3, -0.25) is 14.4 Å². The lowest BCUT2D eigenvalue weighted by atomic mass is 9.79. The monoisotopic (exact) mass is 353 g/mol. The van der Waals surface area contributed by atoms with Crippen molar-refractivity contribution >= 4 is 34.1 Å². The van der Waals surface area contributed by atoms with E-state index in [4.69, 9.17) is 10.5 Å². The summed E-state index contributed by atoms with van der Waals surface area (Å²) >= 11 is 0.993. The Balaban J connectivity index is 1.80. The van der Waals surface area contributed by atoms with Gasteiger partial charge >= 0.3 is 0 Å². The van der Waals surface area contributed by atoms with Crippen LogP contribution in [0.15, 0.2) is 6.07 Å². The molecular weight excluding hydrogens is 334 g/mol. The summed E-state index contributed by atoms with van der Waals surface area (Å²) in [6.07, 6.45) is 1.54. The van der Waals surface area contributed by atoms with Gasteiger partial charge in [0, 0.05) is 13.1 Å². The summed E-state index contributed by atoms with van der Waals surface area (Å²) in [6.45, 7) is 1.89. The second-order valence-corrected chi connectivity index (χ2v) is 7.01. The van der Waals surface area contributed by atoms with E-state index >= 15 is 0 Å². The van der Waals surface area contributed by atoms with Gasteiger partial charge in [-0.05, 0) is 25.3 Å². The van der Waals surface area contributed by atoms with Gasteiger partial charge in [-0.1, -0.05) is 0 Å². The Morgan fingerprint density at radius 2 is 1.96 bits per heavy atom. The van der Waals surface area contributed by atoms with Crippen LogP contribution in [0, 0.1) is 0 Å². The molecule has 0 radical (unpaired) electrons. The number of morpholine rings is 1. The molecular formula is C15H19N3O5S. The molecule has 0 unspecified atom stereocenters. The predicted molar refractivity (Wildman–Crippen MR) is 87.0 cm³/mol. The molecule has 0 bridgehead atoms. The summed E-state index contributed by atoms with van der Waals surface area (Å²) in [5.74, 6) is -1.53. The molecule has 1 aromatic rings. The first kappa shape index (κ1) is 16.9. The first-order chi connectivity index (χ1) is 11.4. The van der Waals surface area contributed by atoms with E-state index in [9.17, 15) is 19.5 Å². The lowest BCUT2D eigenvalue weighted by molar-refractivity contribution is -0.142. The Kier molecular flexibility index (Phi) is 4.57. The summed E-state index contributed by atoms with van der Waals surface area (Å²) in [5.41, 5.74) is 4.03. The number of primary amides is 1. The van der Waals surface area contributed by atoms with Crippen LogP contribution in [0.1, 0.15) is 39.3 Å². The largest absolute Gasteiger partial charge is 0.380 e. The average Bonchev–Trinajstić information content (AvgIpc) is 2.96. The fourth-order valence-corrected chi connectivity index (χ4v) is 3.68. The first-order valence-corrected chi connectivity index (χ1v) is 8.57. The Morgan fingerprint density at radius 3 is 2.50 bits per heavy atom. The molecule has 1 aliphatic carbocycles. The highest BCUT2D eigenvalue weighted by Gasteiger charge is 2.42. The van der Waals surface area contributed by atoms with Crippen molar-refractivity contribution in [2.24, 2.45) is 5.73 Å². The van der Waals surface area contributed by atoms with Gasteiger partial charge in [0.25, 0.3) is 17.7 Å². The molecule has 0 atom stereocenters. The zero-order valence-corrected chi connectivity index (χ0v) is 13.9. The number of rotatable bonds is 4. The van der Waals surface area contributed by atoms with Crippen molar-refractivity contribution in [2.45, 2.75) is 24.9 Å². The molecule has 3 rings (SSSR count). The number of carbonyl (C=O) groups excluding carboxylic acids is 3. The summed E-state index contributed by atoms with van der Waals surface area (Å²) in [7, 11) is 0. The van der Waals surface area contributed by atoms with Crippen molar-refractivity contribution in [3.05, 3.63) is 16.5 Å². The number of thiophene rings is 1. The quantitative estimate of drug-likeness (QED) is 0.712. The smallest absolute Gasteiger partial charge is 0.264 e. The maximum absolute atomic E-state index is 12.5. The van der Waals surface area contributed by atoms with Crippen LogP contribution in [-0.4, -0.2) is 59.6 Å². The number of hydrogen-bond donors (Lipinski definition) is 3. The zero-order chi connectivity index (χ0) is 17.3. The van der Waals surface area contributed by atoms with Gasteiger partial charge in [0.15, 0.2) is 0 Å². The third-order valence-electron chi connectivity index (χ3n) is 4.34. The molecule has 1 aromatic heterocycles. The van der Waals surface area contributed by atoms with Crippen LogP contribution >= 0.6 is 11.3 Å². The molecule has 9 heteroatoms. The second kappa shape index (κ2) is 6.50. The molecule has 1 aliphatic heterocycles. The van der Waals surface area contributed by atoms with Gasteiger partial charge in [-0.2, -0.15) is 0 Å². The third-order valence-corrected chi connectivity index (χ3v) is 5.38. The average molecular weight is 353 g/mol. The maximum atomic E-state index is 12.5. The molecule has 1 saturated heterocycles. The van der Waals surface area contributed by atoms with Crippen LogP contribution in [-0.2, 0) is 9.53 Å². The number of ether oxygens (including phenoxy) is 1. The number of carbonyl (C=O) groups is 3. The van der Waals surface area contributed by atoms with E-state index in [1.165, 1.54) is 6.07 Å². The predicted octanol–water partition coefficient (Wildman–Crippen LogP) is 0.173. The van der Waals surface area contributed by atoms with Crippen molar-refractivity contribution in [1.82, 2.24) is 4.90 Å². The third kappa shape index (κ3) is 3.14. The Hall–Kier alpha value is -1.97. The van der Waals surface area contributed by atoms with E-state index in [1.54, 1.807) is 4.90 Å². The zero-order valence-electron chi connectivity index (χ0n) is 13.0.